The van der Waals surface area contributed by atoms with Crippen LogP contribution in [0.2, 0.25) is 0 Å². The highest BCUT2D eigenvalue weighted by molar-refractivity contribution is 7.98. The third-order valence-corrected chi connectivity index (χ3v) is 7.64. The normalized spacial score (nSPS) is 11.9. The Morgan fingerprint density at radius 3 is 2.39 bits per heavy atom. The zero-order valence-electron chi connectivity index (χ0n) is 23.9. The number of hydrogen-bond acceptors (Lipinski definition) is 6. The Balaban J connectivity index is 1.48. The summed E-state index contributed by atoms with van der Waals surface area (Å²) in [5, 5.41) is 14.3. The van der Waals surface area contributed by atoms with Crippen molar-refractivity contribution in [3.63, 3.8) is 0 Å². The van der Waals surface area contributed by atoms with Crippen molar-refractivity contribution in [3.05, 3.63) is 107 Å². The van der Waals surface area contributed by atoms with E-state index in [4.69, 9.17) is 9.15 Å². The van der Waals surface area contributed by atoms with Gasteiger partial charge in [-0.1, -0.05) is 68.4 Å². The molecule has 0 fully saturated rings. The first-order chi connectivity index (χ1) is 19.8. The third-order valence-electron chi connectivity index (χ3n) is 7.00. The Labute approximate surface area is 246 Å². The van der Waals surface area contributed by atoms with Gasteiger partial charge in [0.2, 0.25) is 0 Å². The Hall–Kier alpha value is -3.81. The van der Waals surface area contributed by atoms with Gasteiger partial charge in [0, 0.05) is 11.1 Å². The highest BCUT2D eigenvalue weighted by atomic mass is 32.2. The minimum absolute atomic E-state index is 0.290. The van der Waals surface area contributed by atoms with Gasteiger partial charge < -0.3 is 24.4 Å². The molecule has 0 spiro atoms. The van der Waals surface area contributed by atoms with Crippen molar-refractivity contribution in [2.45, 2.75) is 52.4 Å². The fraction of sp³-hybridized carbons (Fsp3) is 0.294. The Kier molecular flexibility index (Phi) is 10.4. The van der Waals surface area contributed by atoms with Crippen LogP contribution in [0.1, 0.15) is 59.0 Å². The molecule has 7 heteroatoms. The van der Waals surface area contributed by atoms with Gasteiger partial charge in [-0.2, -0.15) is 11.8 Å². The molecule has 1 N–H and O–H groups in total. The molecule has 0 saturated heterocycles. The van der Waals surface area contributed by atoms with Crippen LogP contribution in [-0.4, -0.2) is 29.9 Å². The standard InChI is InChI=1S/C34H37NO5S/c1-22(2)25-10-12-26(13-11-25)32-16-14-27(40-32)21-39-20-24-9-15-29(30(19-24)28-8-6-5-7-23(28)3)33(36)35-31(34(37)38)17-18-41-4/h5-16,19,22,31H,17-18,20-21H2,1-4H3,(H,35,36)(H,37,38)/p-1/t31-/m0/s1. The van der Waals surface area contributed by atoms with E-state index in [9.17, 15) is 14.7 Å². The van der Waals surface area contributed by atoms with Crippen molar-refractivity contribution >= 4 is 23.6 Å². The molecule has 1 aromatic heterocycles. The van der Waals surface area contributed by atoms with Gasteiger partial charge in [0.1, 0.15) is 18.1 Å². The number of nitrogens with one attached hydrogen (secondary N) is 1. The molecule has 3 aromatic carbocycles. The second-order valence-electron chi connectivity index (χ2n) is 10.4. The molecule has 214 valence electrons. The van der Waals surface area contributed by atoms with Crippen LogP contribution in [0, 0.1) is 6.92 Å². The molecule has 0 bridgehead atoms. The molecule has 1 atom stereocenters. The van der Waals surface area contributed by atoms with Crippen LogP contribution in [-0.2, 0) is 22.7 Å². The Morgan fingerprint density at radius 2 is 1.71 bits per heavy atom. The summed E-state index contributed by atoms with van der Waals surface area (Å²) in [5.74, 6) is 0.856. The highest BCUT2D eigenvalue weighted by Gasteiger charge is 2.19. The molecule has 6 nitrogen and oxygen atoms in total. The summed E-state index contributed by atoms with van der Waals surface area (Å²) in [7, 11) is 0. The maximum absolute atomic E-state index is 13.3. The van der Waals surface area contributed by atoms with Crippen molar-refractivity contribution in [1.29, 1.82) is 0 Å². The highest BCUT2D eigenvalue weighted by Crippen LogP contribution is 2.29. The molecule has 4 aromatic rings. The molecule has 0 saturated carbocycles. The third kappa shape index (κ3) is 7.90. The molecule has 0 unspecified atom stereocenters. The summed E-state index contributed by atoms with van der Waals surface area (Å²) in [6.45, 7) is 6.94. The first-order valence-corrected chi connectivity index (χ1v) is 15.1. The van der Waals surface area contributed by atoms with Crippen LogP contribution in [0.5, 0.6) is 0 Å². The van der Waals surface area contributed by atoms with E-state index in [0.29, 0.717) is 42.4 Å². The SMILES string of the molecule is CSCC[C@H](NC(=O)c1ccc(COCc2ccc(-c3ccc(C(C)C)cc3)o2)cc1-c1ccccc1C)C(=O)[O-]. The lowest BCUT2D eigenvalue weighted by molar-refractivity contribution is -0.308. The zero-order valence-corrected chi connectivity index (χ0v) is 24.8. The van der Waals surface area contributed by atoms with Gasteiger partial charge in [-0.05, 0) is 83.4 Å². The molecular formula is C34H36NO5S-. The number of carboxylic acid groups (broad SMARTS) is 1. The van der Waals surface area contributed by atoms with Gasteiger partial charge in [0.25, 0.3) is 5.91 Å². The van der Waals surface area contributed by atoms with Crippen molar-refractivity contribution in [2.24, 2.45) is 0 Å². The fourth-order valence-corrected chi connectivity index (χ4v) is 5.08. The topological polar surface area (TPSA) is 91.6 Å². The largest absolute Gasteiger partial charge is 0.548 e. The summed E-state index contributed by atoms with van der Waals surface area (Å²) in [6.07, 6.45) is 2.18. The van der Waals surface area contributed by atoms with Gasteiger partial charge >= 0.3 is 0 Å². The lowest BCUT2D eigenvalue weighted by Gasteiger charge is -2.21. The number of amides is 1. The molecule has 0 aliphatic rings. The summed E-state index contributed by atoms with van der Waals surface area (Å²) >= 11 is 1.52. The van der Waals surface area contributed by atoms with Gasteiger partial charge in [0.15, 0.2) is 0 Å². The van der Waals surface area contributed by atoms with Crippen LogP contribution < -0.4 is 10.4 Å². The molecule has 0 aliphatic heterocycles. The first kappa shape index (κ1) is 30.2. The number of carboxylic acids is 1. The van der Waals surface area contributed by atoms with E-state index in [1.807, 2.05) is 61.7 Å². The number of carbonyl (C=O) groups excluding carboxylic acids is 2. The van der Waals surface area contributed by atoms with Gasteiger partial charge in [0.05, 0.1) is 18.6 Å². The maximum atomic E-state index is 13.3. The number of carbonyl (C=O) groups is 2. The molecule has 4 rings (SSSR count). The average Bonchev–Trinajstić information content (AvgIpc) is 3.44. The van der Waals surface area contributed by atoms with Crippen LogP contribution in [0.25, 0.3) is 22.5 Å². The number of aliphatic carboxylic acids is 1. The van der Waals surface area contributed by atoms with E-state index >= 15 is 0 Å². The molecule has 0 aliphatic carbocycles. The second-order valence-corrected chi connectivity index (χ2v) is 11.3. The lowest BCUT2D eigenvalue weighted by atomic mass is 9.93. The van der Waals surface area contributed by atoms with E-state index < -0.39 is 17.9 Å². The van der Waals surface area contributed by atoms with Gasteiger partial charge in [-0.25, -0.2) is 0 Å². The van der Waals surface area contributed by atoms with E-state index in [2.05, 4.69) is 43.4 Å². The Morgan fingerprint density at radius 1 is 0.951 bits per heavy atom. The predicted octanol–water partition coefficient (Wildman–Crippen LogP) is 6.36. The van der Waals surface area contributed by atoms with Crippen LogP contribution in [0.15, 0.2) is 83.3 Å². The van der Waals surface area contributed by atoms with E-state index in [1.165, 1.54) is 17.3 Å². The minimum Gasteiger partial charge on any atom is -0.548 e. The number of aryl methyl sites for hydroxylation is 1. The summed E-state index contributed by atoms with van der Waals surface area (Å²) in [6, 6.07) is 24.5. The van der Waals surface area contributed by atoms with Crippen LogP contribution in [0.4, 0.5) is 0 Å². The number of thioether (sulfide) groups is 1. The zero-order chi connectivity index (χ0) is 29.4. The molecule has 1 amide bonds. The predicted molar refractivity (Wildman–Crippen MR) is 163 cm³/mol. The average molecular weight is 571 g/mol. The quantitative estimate of drug-likeness (QED) is 0.201. The molecule has 41 heavy (non-hydrogen) atoms. The number of rotatable bonds is 13. The molecular weight excluding hydrogens is 534 g/mol. The minimum atomic E-state index is -1.29. The molecule has 0 radical (unpaired) electrons. The summed E-state index contributed by atoms with van der Waals surface area (Å²) < 4.78 is 12.0. The van der Waals surface area contributed by atoms with Gasteiger partial charge in [-0.15, -0.1) is 0 Å². The van der Waals surface area contributed by atoms with Crippen molar-refractivity contribution in [2.75, 3.05) is 12.0 Å². The smallest absolute Gasteiger partial charge is 0.252 e. The summed E-state index contributed by atoms with van der Waals surface area (Å²) in [4.78, 5) is 24.9. The van der Waals surface area contributed by atoms with Crippen LogP contribution in [0.3, 0.4) is 0 Å². The Bertz CT molecular complexity index is 1470. The summed E-state index contributed by atoms with van der Waals surface area (Å²) in [5.41, 5.74) is 6.20. The maximum Gasteiger partial charge on any atom is 0.252 e. The fourth-order valence-electron chi connectivity index (χ4n) is 4.61. The van der Waals surface area contributed by atoms with E-state index in [0.717, 1.165) is 33.8 Å². The van der Waals surface area contributed by atoms with E-state index in [-0.39, 0.29) is 0 Å². The number of furan rings is 1. The van der Waals surface area contributed by atoms with Crippen molar-refractivity contribution in [1.82, 2.24) is 5.32 Å². The number of hydrogen-bond donors (Lipinski definition) is 1. The number of benzene rings is 3. The van der Waals surface area contributed by atoms with Crippen molar-refractivity contribution < 1.29 is 23.8 Å². The second kappa shape index (κ2) is 14.2. The number of ether oxygens (including phenoxy) is 1. The lowest BCUT2D eigenvalue weighted by Crippen LogP contribution is -2.48. The van der Waals surface area contributed by atoms with E-state index in [1.54, 1.807) is 6.07 Å². The molecule has 1 heterocycles. The van der Waals surface area contributed by atoms with Crippen molar-refractivity contribution in [3.8, 4) is 22.5 Å². The monoisotopic (exact) mass is 570 g/mol. The van der Waals surface area contributed by atoms with Gasteiger partial charge in [-0.3, -0.25) is 4.79 Å². The van der Waals surface area contributed by atoms with Crippen LogP contribution >= 0.6 is 11.8 Å². The first-order valence-electron chi connectivity index (χ1n) is 13.7.